The third-order valence-electron chi connectivity index (χ3n) is 6.93. The van der Waals surface area contributed by atoms with E-state index in [1.165, 1.54) is 19.1 Å². The summed E-state index contributed by atoms with van der Waals surface area (Å²) in [7, 11) is 3.01. The van der Waals surface area contributed by atoms with E-state index in [2.05, 4.69) is 10.6 Å². The quantitative estimate of drug-likeness (QED) is 0.286. The van der Waals surface area contributed by atoms with E-state index in [9.17, 15) is 14.4 Å². The fourth-order valence-corrected chi connectivity index (χ4v) is 4.81. The summed E-state index contributed by atoms with van der Waals surface area (Å²) in [5, 5.41) is 5.43. The van der Waals surface area contributed by atoms with Crippen LogP contribution in [0.4, 0.5) is 16.2 Å². The van der Waals surface area contributed by atoms with Crippen molar-refractivity contribution in [3.63, 3.8) is 0 Å². The van der Waals surface area contributed by atoms with Crippen molar-refractivity contribution in [1.29, 1.82) is 0 Å². The lowest BCUT2D eigenvalue weighted by molar-refractivity contribution is -0.120. The zero-order valence-electron chi connectivity index (χ0n) is 23.5. The van der Waals surface area contributed by atoms with Gasteiger partial charge in [0, 0.05) is 22.8 Å². The molecule has 0 saturated heterocycles. The molecule has 5 rings (SSSR count). The number of carbonyl (C=O) groups excluding carboxylic acids is 3. The first-order chi connectivity index (χ1) is 20.4. The molecule has 4 aromatic rings. The van der Waals surface area contributed by atoms with E-state index in [0.29, 0.717) is 39.7 Å². The molecule has 2 N–H and O–H groups in total. The van der Waals surface area contributed by atoms with Crippen molar-refractivity contribution in [2.75, 3.05) is 31.0 Å². The highest BCUT2D eigenvalue weighted by atomic mass is 16.5. The molecule has 1 aliphatic heterocycles. The number of ether oxygens (including phenoxy) is 2. The van der Waals surface area contributed by atoms with Gasteiger partial charge in [-0.15, -0.1) is 0 Å². The van der Waals surface area contributed by atoms with Crippen LogP contribution >= 0.6 is 0 Å². The van der Waals surface area contributed by atoms with Gasteiger partial charge in [0.25, 0.3) is 5.91 Å². The van der Waals surface area contributed by atoms with Crippen molar-refractivity contribution in [1.82, 2.24) is 5.32 Å². The Hall–Kier alpha value is -5.44. The number of benzene rings is 4. The maximum absolute atomic E-state index is 14.1. The van der Waals surface area contributed by atoms with Gasteiger partial charge in [0.05, 0.1) is 37.9 Å². The number of nitrogens with zero attached hydrogens (tertiary/aromatic N) is 2. The first kappa shape index (κ1) is 28.1. The first-order valence-corrected chi connectivity index (χ1v) is 13.3. The summed E-state index contributed by atoms with van der Waals surface area (Å²) in [6.45, 7) is 1.62. The highest BCUT2D eigenvalue weighted by Crippen LogP contribution is 2.30. The summed E-state index contributed by atoms with van der Waals surface area (Å²) in [6, 6.07) is 28.2. The van der Waals surface area contributed by atoms with Crippen LogP contribution < -0.4 is 25.0 Å². The number of aryl methyl sites for hydroxylation is 1. The lowest BCUT2D eigenvalue weighted by Gasteiger charge is -2.25. The number of Topliss-reactive ketones (excluding diaryl/α,β-unsaturated/α-hetero) is 1. The van der Waals surface area contributed by atoms with Crippen LogP contribution in [0.15, 0.2) is 102 Å². The van der Waals surface area contributed by atoms with Crippen molar-refractivity contribution in [2.45, 2.75) is 13.1 Å². The molecule has 1 atom stereocenters. The SMILES string of the molecule is COc1ccc(NC(=O)NC2N=C(c3ccccc3)c3ccccc3N(CC(=O)c3ccccc3C)C2=O)c(OC)c1. The van der Waals surface area contributed by atoms with E-state index in [-0.39, 0.29) is 12.3 Å². The van der Waals surface area contributed by atoms with Crippen molar-refractivity contribution in [2.24, 2.45) is 4.99 Å². The Balaban J connectivity index is 1.53. The van der Waals surface area contributed by atoms with Crippen LogP contribution in [0, 0.1) is 6.92 Å². The van der Waals surface area contributed by atoms with Crippen molar-refractivity contribution in [3.05, 3.63) is 119 Å². The third-order valence-corrected chi connectivity index (χ3v) is 6.93. The molecular weight excluding hydrogens is 532 g/mol. The predicted octanol–water partition coefficient (Wildman–Crippen LogP) is 5.23. The number of para-hydroxylation sites is 1. The van der Waals surface area contributed by atoms with Crippen LogP contribution in [0.2, 0.25) is 0 Å². The number of rotatable bonds is 8. The van der Waals surface area contributed by atoms with Gasteiger partial charge in [0.15, 0.2) is 5.78 Å². The topological polar surface area (TPSA) is 109 Å². The molecule has 1 unspecified atom stereocenters. The van der Waals surface area contributed by atoms with Gasteiger partial charge in [-0.25, -0.2) is 9.79 Å². The van der Waals surface area contributed by atoms with E-state index in [1.807, 2.05) is 61.5 Å². The van der Waals surface area contributed by atoms with Crippen LogP contribution in [-0.2, 0) is 4.79 Å². The zero-order chi connectivity index (χ0) is 29.6. The molecule has 0 saturated carbocycles. The maximum Gasteiger partial charge on any atom is 0.321 e. The smallest absolute Gasteiger partial charge is 0.321 e. The number of urea groups is 1. The number of hydrogen-bond acceptors (Lipinski definition) is 6. The lowest BCUT2D eigenvalue weighted by atomic mass is 9.99. The average molecular weight is 563 g/mol. The van der Waals surface area contributed by atoms with Gasteiger partial charge in [-0.05, 0) is 30.7 Å². The Morgan fingerprint density at radius 1 is 0.881 bits per heavy atom. The van der Waals surface area contributed by atoms with E-state index in [4.69, 9.17) is 14.5 Å². The van der Waals surface area contributed by atoms with Crippen molar-refractivity contribution < 1.29 is 23.9 Å². The van der Waals surface area contributed by atoms with E-state index >= 15 is 0 Å². The van der Waals surface area contributed by atoms with Crippen LogP contribution in [-0.4, -0.2) is 50.4 Å². The molecular formula is C33H30N4O5. The number of carbonyl (C=O) groups is 3. The van der Waals surface area contributed by atoms with Crippen LogP contribution in [0.5, 0.6) is 11.5 Å². The molecule has 9 nitrogen and oxygen atoms in total. The van der Waals surface area contributed by atoms with Crippen LogP contribution in [0.3, 0.4) is 0 Å². The van der Waals surface area contributed by atoms with Crippen LogP contribution in [0.1, 0.15) is 27.0 Å². The Bertz CT molecular complexity index is 1670. The molecule has 0 aliphatic carbocycles. The fourth-order valence-electron chi connectivity index (χ4n) is 4.81. The molecule has 0 aromatic heterocycles. The van der Waals surface area contributed by atoms with Gasteiger partial charge >= 0.3 is 6.03 Å². The van der Waals surface area contributed by atoms with Crippen molar-refractivity contribution >= 4 is 34.8 Å². The second kappa shape index (κ2) is 12.4. The van der Waals surface area contributed by atoms with Crippen LogP contribution in [0.25, 0.3) is 0 Å². The molecule has 9 heteroatoms. The molecule has 0 spiro atoms. The molecule has 0 bridgehead atoms. The highest BCUT2D eigenvalue weighted by Gasteiger charge is 2.34. The Morgan fingerprint density at radius 3 is 2.33 bits per heavy atom. The molecule has 3 amide bonds. The molecule has 1 heterocycles. The molecule has 0 fully saturated rings. The second-order valence-electron chi connectivity index (χ2n) is 9.59. The molecule has 1 aliphatic rings. The number of methoxy groups -OCH3 is 2. The molecule has 42 heavy (non-hydrogen) atoms. The average Bonchev–Trinajstić information content (AvgIpc) is 3.12. The maximum atomic E-state index is 14.1. The fraction of sp³-hybridized carbons (Fsp3) is 0.152. The number of amides is 3. The summed E-state index contributed by atoms with van der Waals surface area (Å²) in [6.07, 6.45) is -1.33. The summed E-state index contributed by atoms with van der Waals surface area (Å²) >= 11 is 0. The number of hydrogen-bond donors (Lipinski definition) is 2. The van der Waals surface area contributed by atoms with Crippen molar-refractivity contribution in [3.8, 4) is 11.5 Å². The summed E-state index contributed by atoms with van der Waals surface area (Å²) in [5.41, 5.74) is 4.15. The summed E-state index contributed by atoms with van der Waals surface area (Å²) < 4.78 is 10.6. The number of anilines is 2. The summed E-state index contributed by atoms with van der Waals surface area (Å²) in [5.74, 6) is 0.154. The minimum atomic E-state index is -1.33. The molecule has 4 aromatic carbocycles. The minimum absolute atomic E-state index is 0.231. The number of aliphatic imine (C=N–C) groups is 1. The number of ketones is 1. The van der Waals surface area contributed by atoms with Gasteiger partial charge in [0.2, 0.25) is 6.17 Å². The Labute approximate surface area is 243 Å². The molecule has 0 radical (unpaired) electrons. The van der Waals surface area contributed by atoms with E-state index < -0.39 is 18.1 Å². The van der Waals surface area contributed by atoms with Gasteiger partial charge < -0.3 is 25.0 Å². The van der Waals surface area contributed by atoms with Gasteiger partial charge in [-0.1, -0.05) is 72.8 Å². The molecule has 212 valence electrons. The second-order valence-corrected chi connectivity index (χ2v) is 9.59. The zero-order valence-corrected chi connectivity index (χ0v) is 23.5. The number of benzodiazepines with no additional fused rings is 1. The normalized spacial score (nSPS) is 14.3. The Kier molecular flexibility index (Phi) is 8.29. The number of fused-ring (bicyclic) bond motifs is 1. The lowest BCUT2D eigenvalue weighted by Crippen LogP contribution is -2.50. The first-order valence-electron chi connectivity index (χ1n) is 13.3. The van der Waals surface area contributed by atoms with Gasteiger partial charge in [-0.3, -0.25) is 9.59 Å². The van der Waals surface area contributed by atoms with E-state index in [1.54, 1.807) is 42.5 Å². The predicted molar refractivity (Wildman–Crippen MR) is 162 cm³/mol. The monoisotopic (exact) mass is 562 g/mol. The van der Waals surface area contributed by atoms with E-state index in [0.717, 1.165) is 11.1 Å². The van der Waals surface area contributed by atoms with Gasteiger partial charge in [-0.2, -0.15) is 0 Å². The largest absolute Gasteiger partial charge is 0.497 e. The standard InChI is InChI=1S/C33H30N4O5/c1-21-11-7-8-14-24(21)28(38)20-37-27-16-10-9-15-25(27)30(22-12-5-4-6-13-22)35-31(32(37)39)36-33(40)34-26-18-17-23(41-2)19-29(26)42-3/h4-19,31H,20H2,1-3H3,(H2,34,36,40). The van der Waals surface area contributed by atoms with Gasteiger partial charge in [0.1, 0.15) is 11.5 Å². The minimum Gasteiger partial charge on any atom is -0.497 e. The number of nitrogens with one attached hydrogen (secondary N) is 2. The Morgan fingerprint density at radius 2 is 1.60 bits per heavy atom. The third kappa shape index (κ3) is 5.85. The highest BCUT2D eigenvalue weighted by molar-refractivity contribution is 6.21. The summed E-state index contributed by atoms with van der Waals surface area (Å²) in [4.78, 5) is 47.0.